The zero-order valence-corrected chi connectivity index (χ0v) is 11.8. The summed E-state index contributed by atoms with van der Waals surface area (Å²) in [4.78, 5) is 12.2. The number of aromatic nitrogens is 3. The first-order valence-electron chi connectivity index (χ1n) is 6.99. The summed E-state index contributed by atoms with van der Waals surface area (Å²) in [5, 5.41) is 0. The van der Waals surface area contributed by atoms with Crippen LogP contribution in [0.15, 0.2) is 48.8 Å². The van der Waals surface area contributed by atoms with E-state index in [2.05, 4.69) is 21.9 Å². The van der Waals surface area contributed by atoms with Crippen LogP contribution in [-0.2, 0) is 12.8 Å². The maximum Gasteiger partial charge on any atom is 0.123 e. The van der Waals surface area contributed by atoms with E-state index in [1.54, 1.807) is 18.3 Å². The van der Waals surface area contributed by atoms with Gasteiger partial charge in [0.2, 0.25) is 0 Å². The molecule has 3 nitrogen and oxygen atoms in total. The van der Waals surface area contributed by atoms with Crippen molar-refractivity contribution in [3.8, 4) is 11.3 Å². The zero-order valence-electron chi connectivity index (χ0n) is 11.8. The maximum absolute atomic E-state index is 12.9. The Morgan fingerprint density at radius 3 is 2.62 bits per heavy atom. The number of rotatable bonds is 4. The monoisotopic (exact) mass is 281 g/mol. The number of pyridine rings is 1. The van der Waals surface area contributed by atoms with Crippen molar-refractivity contribution >= 4 is 0 Å². The van der Waals surface area contributed by atoms with Gasteiger partial charge in [0.1, 0.15) is 11.6 Å². The van der Waals surface area contributed by atoms with Crippen molar-refractivity contribution in [2.24, 2.45) is 0 Å². The summed E-state index contributed by atoms with van der Waals surface area (Å²) in [5.41, 5.74) is 4.09. The molecule has 0 unspecified atom stereocenters. The summed E-state index contributed by atoms with van der Waals surface area (Å²) in [6.07, 6.45) is 5.10. The third-order valence-corrected chi connectivity index (χ3v) is 3.40. The van der Waals surface area contributed by atoms with Gasteiger partial charge >= 0.3 is 0 Å². The SMILES string of the molecule is CCc1[nH]c(Cc2ccc(F)cc2)nc1-c1cccnc1. The number of aryl methyl sites for hydroxylation is 1. The number of benzene rings is 1. The number of aromatic amines is 1. The van der Waals surface area contributed by atoms with E-state index < -0.39 is 0 Å². The van der Waals surface area contributed by atoms with Gasteiger partial charge in [-0.15, -0.1) is 0 Å². The van der Waals surface area contributed by atoms with E-state index in [0.29, 0.717) is 6.42 Å². The Morgan fingerprint density at radius 1 is 1.14 bits per heavy atom. The number of hydrogen-bond donors (Lipinski definition) is 1. The molecule has 2 heterocycles. The molecule has 0 radical (unpaired) electrons. The average Bonchev–Trinajstić information content (AvgIpc) is 2.93. The average molecular weight is 281 g/mol. The molecule has 0 aliphatic heterocycles. The molecule has 106 valence electrons. The fourth-order valence-electron chi connectivity index (χ4n) is 2.34. The van der Waals surface area contributed by atoms with Gasteiger partial charge in [0, 0.05) is 30.1 Å². The van der Waals surface area contributed by atoms with Crippen molar-refractivity contribution in [1.82, 2.24) is 15.0 Å². The topological polar surface area (TPSA) is 41.6 Å². The molecule has 4 heteroatoms. The van der Waals surface area contributed by atoms with Crippen LogP contribution in [0.1, 0.15) is 24.0 Å². The van der Waals surface area contributed by atoms with Crippen molar-refractivity contribution in [2.75, 3.05) is 0 Å². The second-order valence-electron chi connectivity index (χ2n) is 4.91. The molecule has 0 atom stereocenters. The number of H-pyrrole nitrogens is 1. The number of nitrogens with zero attached hydrogens (tertiary/aromatic N) is 2. The van der Waals surface area contributed by atoms with Crippen LogP contribution in [-0.4, -0.2) is 15.0 Å². The van der Waals surface area contributed by atoms with Gasteiger partial charge in [0.15, 0.2) is 0 Å². The van der Waals surface area contributed by atoms with Gasteiger partial charge in [0.25, 0.3) is 0 Å². The molecule has 0 fully saturated rings. The van der Waals surface area contributed by atoms with Crippen LogP contribution >= 0.6 is 0 Å². The molecule has 2 aromatic heterocycles. The number of hydrogen-bond acceptors (Lipinski definition) is 2. The summed E-state index contributed by atoms with van der Waals surface area (Å²) < 4.78 is 12.9. The molecular formula is C17H16FN3. The lowest BCUT2D eigenvalue weighted by atomic mass is 10.1. The van der Waals surface area contributed by atoms with Gasteiger partial charge in [0.05, 0.1) is 5.69 Å². The molecule has 0 aliphatic carbocycles. The summed E-state index contributed by atoms with van der Waals surface area (Å²) in [5.74, 6) is 0.667. The minimum atomic E-state index is -0.219. The lowest BCUT2D eigenvalue weighted by Gasteiger charge is -1.98. The second-order valence-corrected chi connectivity index (χ2v) is 4.91. The molecule has 1 aromatic carbocycles. The van der Waals surface area contributed by atoms with Crippen molar-refractivity contribution in [3.63, 3.8) is 0 Å². The largest absolute Gasteiger partial charge is 0.345 e. The molecule has 1 N–H and O–H groups in total. The van der Waals surface area contributed by atoms with Crippen LogP contribution in [0.3, 0.4) is 0 Å². The van der Waals surface area contributed by atoms with Crippen LogP contribution in [0.5, 0.6) is 0 Å². The quantitative estimate of drug-likeness (QED) is 0.791. The molecule has 0 bridgehead atoms. The van der Waals surface area contributed by atoms with E-state index in [1.807, 2.05) is 18.3 Å². The second kappa shape index (κ2) is 5.87. The number of halogens is 1. The van der Waals surface area contributed by atoms with Crippen LogP contribution in [0.4, 0.5) is 4.39 Å². The lowest BCUT2D eigenvalue weighted by Crippen LogP contribution is -1.91. The minimum Gasteiger partial charge on any atom is -0.345 e. The fraction of sp³-hybridized carbons (Fsp3) is 0.176. The summed E-state index contributed by atoms with van der Waals surface area (Å²) >= 11 is 0. The molecule has 0 amide bonds. The lowest BCUT2D eigenvalue weighted by molar-refractivity contribution is 0.627. The van der Waals surface area contributed by atoms with Crippen LogP contribution in [0, 0.1) is 5.82 Å². The van der Waals surface area contributed by atoms with Gasteiger partial charge in [-0.05, 0) is 36.2 Å². The highest BCUT2D eigenvalue weighted by Gasteiger charge is 2.11. The number of imidazole rings is 1. The van der Waals surface area contributed by atoms with Crippen molar-refractivity contribution in [3.05, 3.63) is 71.7 Å². The van der Waals surface area contributed by atoms with E-state index in [9.17, 15) is 4.39 Å². The van der Waals surface area contributed by atoms with Crippen LogP contribution in [0.25, 0.3) is 11.3 Å². The van der Waals surface area contributed by atoms with Crippen molar-refractivity contribution in [2.45, 2.75) is 19.8 Å². The Labute approximate surface area is 122 Å². The molecule has 0 saturated carbocycles. The van der Waals surface area contributed by atoms with Crippen LogP contribution < -0.4 is 0 Å². The Hall–Kier alpha value is -2.49. The van der Waals surface area contributed by atoms with Gasteiger partial charge in [-0.2, -0.15) is 0 Å². The highest BCUT2D eigenvalue weighted by Crippen LogP contribution is 2.22. The summed E-state index contributed by atoms with van der Waals surface area (Å²) in [6.45, 7) is 2.09. The third-order valence-electron chi connectivity index (χ3n) is 3.40. The zero-order chi connectivity index (χ0) is 14.7. The summed E-state index contributed by atoms with van der Waals surface area (Å²) in [6, 6.07) is 10.4. The number of nitrogens with one attached hydrogen (secondary N) is 1. The first-order chi connectivity index (χ1) is 10.3. The Kier molecular flexibility index (Phi) is 3.77. The molecule has 3 aromatic rings. The van der Waals surface area contributed by atoms with E-state index in [0.717, 1.165) is 34.8 Å². The van der Waals surface area contributed by atoms with Crippen molar-refractivity contribution in [1.29, 1.82) is 0 Å². The first-order valence-corrected chi connectivity index (χ1v) is 6.99. The van der Waals surface area contributed by atoms with E-state index in [4.69, 9.17) is 0 Å². The normalized spacial score (nSPS) is 10.8. The third kappa shape index (κ3) is 2.99. The smallest absolute Gasteiger partial charge is 0.123 e. The van der Waals surface area contributed by atoms with E-state index in [1.165, 1.54) is 12.1 Å². The van der Waals surface area contributed by atoms with Crippen molar-refractivity contribution < 1.29 is 4.39 Å². The molecule has 21 heavy (non-hydrogen) atoms. The first kappa shape index (κ1) is 13.5. The van der Waals surface area contributed by atoms with Gasteiger partial charge in [-0.25, -0.2) is 9.37 Å². The maximum atomic E-state index is 12.9. The fourth-order valence-corrected chi connectivity index (χ4v) is 2.34. The highest BCUT2D eigenvalue weighted by molar-refractivity contribution is 5.61. The predicted molar refractivity (Wildman–Crippen MR) is 80.4 cm³/mol. The Balaban J connectivity index is 1.91. The molecule has 3 rings (SSSR count). The standard InChI is InChI=1S/C17H16FN3/c1-2-15-17(13-4-3-9-19-11-13)21-16(20-15)10-12-5-7-14(18)8-6-12/h3-9,11H,2,10H2,1H3,(H,20,21). The van der Waals surface area contributed by atoms with Crippen LogP contribution in [0.2, 0.25) is 0 Å². The van der Waals surface area contributed by atoms with Gasteiger partial charge in [-0.1, -0.05) is 19.1 Å². The van der Waals surface area contributed by atoms with E-state index in [-0.39, 0.29) is 5.82 Å². The molecule has 0 aliphatic rings. The molecule has 0 spiro atoms. The molecule has 0 saturated heterocycles. The van der Waals surface area contributed by atoms with E-state index >= 15 is 0 Å². The van der Waals surface area contributed by atoms with Gasteiger partial charge in [-0.3, -0.25) is 4.98 Å². The Bertz CT molecular complexity index is 718. The van der Waals surface area contributed by atoms with Gasteiger partial charge < -0.3 is 4.98 Å². The highest BCUT2D eigenvalue weighted by atomic mass is 19.1. The predicted octanol–water partition coefficient (Wildman–Crippen LogP) is 3.76. The minimum absolute atomic E-state index is 0.219. The molecular weight excluding hydrogens is 265 g/mol. The Morgan fingerprint density at radius 2 is 1.95 bits per heavy atom. The summed E-state index contributed by atoms with van der Waals surface area (Å²) in [7, 11) is 0.